The van der Waals surface area contributed by atoms with Crippen LogP contribution in [0.1, 0.15) is 394 Å². The normalized spacial score (nSPS) is 25.4. The summed E-state index contributed by atoms with van der Waals surface area (Å²) in [6.07, 6.45) is 25.1. The number of allylic oxidation sites excluding steroid dienone is 2. The second-order valence-corrected chi connectivity index (χ2v) is 34.2. The van der Waals surface area contributed by atoms with Crippen molar-refractivity contribution >= 4 is 31.7 Å². The van der Waals surface area contributed by atoms with E-state index in [9.17, 15) is 74.6 Å². The van der Waals surface area contributed by atoms with Gasteiger partial charge in [0.25, 0.3) is 0 Å². The summed E-state index contributed by atoms with van der Waals surface area (Å²) < 4.78 is 73.3. The minimum absolute atomic E-state index is 0.0179. The molecule has 0 aromatic carbocycles. The highest BCUT2D eigenvalue weighted by atomic mass is 31.2. The number of phosphoric acid groups is 1. The average Bonchev–Trinajstić information content (AvgIpc) is 0.754. The number of aliphatic hydroxyl groups is 9. The molecule has 1 aliphatic carbocycles. The van der Waals surface area contributed by atoms with Gasteiger partial charge in [-0.25, -0.2) is 4.57 Å². The lowest BCUT2D eigenvalue weighted by molar-refractivity contribution is -0.360. The van der Waals surface area contributed by atoms with E-state index in [0.29, 0.717) is 38.5 Å². The SMILES string of the molecule is CCCCCCCC/C=C\CCCCCC(=O)OC(COC(=O)CCCCCCCCCCCCCCCCCC)COP(=O)(O)OC1C(OC2OC(CO)C(O)C(O)C2O)C(O)C(O)C(OC(=O)CCCCCCCCCCCCCCC)C1OC1OC(COC(=O)CCCCCCCCCCCCCCC)C(O)C(O)C1O. The molecule has 0 radical (unpaired) electrons. The van der Waals surface area contributed by atoms with Crippen LogP contribution in [0.2, 0.25) is 0 Å². The topological polar surface area (TPSA) is 380 Å². The van der Waals surface area contributed by atoms with Crippen molar-refractivity contribution in [3.05, 3.63) is 12.2 Å². The molecule has 18 atom stereocenters. The summed E-state index contributed by atoms with van der Waals surface area (Å²) in [5.74, 6) is -2.97. The second-order valence-electron chi connectivity index (χ2n) is 32.8. The summed E-state index contributed by atoms with van der Waals surface area (Å²) in [4.78, 5) is 66.3. The lowest BCUT2D eigenvalue weighted by Gasteiger charge is -2.50. The third kappa shape index (κ3) is 48.0. The molecule has 0 spiro atoms. The Morgan fingerprint density at radius 1 is 0.342 bits per heavy atom. The van der Waals surface area contributed by atoms with Gasteiger partial charge in [0.1, 0.15) is 92.6 Å². The van der Waals surface area contributed by atoms with E-state index in [1.807, 2.05) is 0 Å². The zero-order valence-corrected chi connectivity index (χ0v) is 72.0. The first-order valence-electron chi connectivity index (χ1n) is 45.9. The van der Waals surface area contributed by atoms with Crippen LogP contribution in [0.15, 0.2) is 12.2 Å². The Labute approximate surface area is 686 Å². The van der Waals surface area contributed by atoms with Crippen molar-refractivity contribution in [2.45, 2.75) is 498 Å². The fourth-order valence-electron chi connectivity index (χ4n) is 15.2. The number of ether oxygens (including phenoxy) is 8. The van der Waals surface area contributed by atoms with Crippen LogP contribution in [0.25, 0.3) is 0 Å². The number of rotatable bonds is 74. The molecule has 3 fully saturated rings. The molecule has 2 saturated heterocycles. The molecule has 2 aliphatic heterocycles. The number of phosphoric ester groups is 1. The van der Waals surface area contributed by atoms with Gasteiger partial charge in [0.15, 0.2) is 24.8 Å². The van der Waals surface area contributed by atoms with Crippen LogP contribution < -0.4 is 0 Å². The van der Waals surface area contributed by atoms with Gasteiger partial charge in [0.05, 0.1) is 13.2 Å². The Kier molecular flexibility index (Phi) is 62.7. The van der Waals surface area contributed by atoms with Crippen molar-refractivity contribution in [1.82, 2.24) is 0 Å². The predicted octanol–water partition coefficient (Wildman–Crippen LogP) is 16.4. The second kappa shape index (κ2) is 67.8. The smallest absolute Gasteiger partial charge is 0.463 e. The van der Waals surface area contributed by atoms with Crippen LogP contribution in [0, 0.1) is 0 Å². The Morgan fingerprint density at radius 2 is 0.658 bits per heavy atom. The molecule has 0 amide bonds. The van der Waals surface area contributed by atoms with Crippen molar-refractivity contribution < 1.29 is 122 Å². The van der Waals surface area contributed by atoms with Gasteiger partial charge < -0.3 is 88.7 Å². The van der Waals surface area contributed by atoms with Gasteiger partial charge in [-0.3, -0.25) is 28.2 Å². The van der Waals surface area contributed by atoms with Gasteiger partial charge in [0, 0.05) is 25.7 Å². The van der Waals surface area contributed by atoms with Crippen molar-refractivity contribution in [2.24, 2.45) is 0 Å². The lowest BCUT2D eigenvalue weighted by atomic mass is 9.84. The van der Waals surface area contributed by atoms with Crippen molar-refractivity contribution in [3.63, 3.8) is 0 Å². The highest BCUT2D eigenvalue weighted by Gasteiger charge is 2.60. The Bertz CT molecular complexity index is 2430. The number of aliphatic hydroxyl groups excluding tert-OH is 9. The average molecular weight is 1650 g/mol. The third-order valence-corrected chi connectivity index (χ3v) is 23.5. The van der Waals surface area contributed by atoms with Crippen LogP contribution in [0.4, 0.5) is 0 Å². The summed E-state index contributed by atoms with van der Waals surface area (Å²) in [7, 11) is -5.80. The molecule has 0 aromatic heterocycles. The molecule has 18 unspecified atom stereocenters. The highest BCUT2D eigenvalue weighted by Crippen LogP contribution is 2.49. The maximum absolute atomic E-state index is 14.9. The van der Waals surface area contributed by atoms with E-state index in [2.05, 4.69) is 39.8 Å². The van der Waals surface area contributed by atoms with Crippen LogP contribution in [-0.4, -0.2) is 205 Å². The molecule has 25 nitrogen and oxygen atoms in total. The quantitative estimate of drug-likeness (QED) is 0.00889. The standard InChI is InChI=1S/C88H163O25P/c1-5-9-13-17-21-25-29-33-34-35-39-41-44-48-52-56-60-71(90)104-65-68(107-73(92)62-58-54-50-46-42-37-31-27-23-19-15-11-7-3)66-106-114(102,103)113-86-84(111-87-81(100)77(96)75(94)69(64-89)108-87)80(99)79(98)83(110-74(93)63-59-55-51-47-43-38-32-28-24-20-16-12-8-4)85(86)112-88-82(101)78(97)76(95)70(109-88)67-105-72(91)61-57-53-49-45-40-36-30-26-22-18-14-10-6-2/h37,42,68-70,75-89,94-101H,5-36,38-41,43-67H2,1-4H3,(H,102,103)/b42-37-. The van der Waals surface area contributed by atoms with E-state index in [-0.39, 0.29) is 25.7 Å². The van der Waals surface area contributed by atoms with Crippen LogP contribution in [0.5, 0.6) is 0 Å². The molecular weight excluding hydrogens is 1490 g/mol. The largest absolute Gasteiger partial charge is 0.472 e. The van der Waals surface area contributed by atoms with Crippen LogP contribution in [-0.2, 0) is 70.7 Å². The summed E-state index contributed by atoms with van der Waals surface area (Å²) in [5.41, 5.74) is 0. The third-order valence-electron chi connectivity index (χ3n) is 22.5. The zero-order valence-electron chi connectivity index (χ0n) is 71.1. The first kappa shape index (κ1) is 105. The molecule has 2 heterocycles. The van der Waals surface area contributed by atoms with E-state index in [1.54, 1.807) is 0 Å². The van der Waals surface area contributed by atoms with Crippen LogP contribution >= 0.6 is 7.82 Å². The van der Waals surface area contributed by atoms with Crippen molar-refractivity contribution in [3.8, 4) is 0 Å². The predicted molar refractivity (Wildman–Crippen MR) is 440 cm³/mol. The van der Waals surface area contributed by atoms with Gasteiger partial charge >= 0.3 is 31.7 Å². The van der Waals surface area contributed by atoms with E-state index < -0.39 is 162 Å². The maximum atomic E-state index is 14.9. The van der Waals surface area contributed by atoms with Gasteiger partial charge in [-0.2, -0.15) is 0 Å². The number of unbranched alkanes of at least 4 members (excludes halogenated alkanes) is 48. The molecule has 0 aromatic rings. The number of carbonyl (C=O) groups is 4. The minimum Gasteiger partial charge on any atom is -0.463 e. The molecule has 10 N–H and O–H groups in total. The lowest BCUT2D eigenvalue weighted by Crippen LogP contribution is -2.70. The fourth-order valence-corrected chi connectivity index (χ4v) is 16.2. The van der Waals surface area contributed by atoms with E-state index in [0.717, 1.165) is 122 Å². The molecule has 26 heteroatoms. The van der Waals surface area contributed by atoms with Gasteiger partial charge in [-0.15, -0.1) is 0 Å². The monoisotopic (exact) mass is 1650 g/mol. The molecule has 3 aliphatic rings. The summed E-state index contributed by atoms with van der Waals surface area (Å²) in [5, 5.41) is 102. The van der Waals surface area contributed by atoms with E-state index in [4.69, 9.17) is 46.9 Å². The maximum Gasteiger partial charge on any atom is 0.472 e. The Morgan fingerprint density at radius 3 is 1.05 bits per heavy atom. The number of esters is 4. The number of hydrogen-bond donors (Lipinski definition) is 10. The Balaban J connectivity index is 1.92. The van der Waals surface area contributed by atoms with Crippen molar-refractivity contribution in [1.29, 1.82) is 0 Å². The fraction of sp³-hybridized carbons (Fsp3) is 0.932. The molecule has 0 bridgehead atoms. The summed E-state index contributed by atoms with van der Waals surface area (Å²) in [6, 6.07) is 0. The number of carbonyl (C=O) groups excluding carboxylic acids is 4. The van der Waals surface area contributed by atoms with Crippen molar-refractivity contribution in [2.75, 3.05) is 26.4 Å². The molecule has 3 rings (SSSR count). The Hall–Kier alpha value is -2.79. The summed E-state index contributed by atoms with van der Waals surface area (Å²) in [6.45, 7) is 5.57. The highest BCUT2D eigenvalue weighted by molar-refractivity contribution is 7.47. The minimum atomic E-state index is -5.80. The summed E-state index contributed by atoms with van der Waals surface area (Å²) >= 11 is 0. The molecule has 670 valence electrons. The van der Waals surface area contributed by atoms with E-state index in [1.165, 1.54) is 180 Å². The van der Waals surface area contributed by atoms with Gasteiger partial charge in [0.2, 0.25) is 0 Å². The molecule has 1 saturated carbocycles. The van der Waals surface area contributed by atoms with Crippen LogP contribution in [0.3, 0.4) is 0 Å². The number of hydrogen-bond acceptors (Lipinski definition) is 24. The molecular formula is C88H163O25P. The van der Waals surface area contributed by atoms with E-state index >= 15 is 0 Å². The van der Waals surface area contributed by atoms with Gasteiger partial charge in [-0.05, 0) is 51.4 Å². The first-order chi connectivity index (χ1) is 55.2. The molecule has 114 heavy (non-hydrogen) atoms. The van der Waals surface area contributed by atoms with Gasteiger partial charge in [-0.1, -0.05) is 329 Å². The zero-order chi connectivity index (χ0) is 83.2. The first-order valence-corrected chi connectivity index (χ1v) is 47.4.